The van der Waals surface area contributed by atoms with Crippen molar-refractivity contribution in [2.75, 3.05) is 0 Å². The fourth-order valence-electron chi connectivity index (χ4n) is 3.55. The second-order valence-electron chi connectivity index (χ2n) is 6.28. The van der Waals surface area contributed by atoms with Gasteiger partial charge in [0.15, 0.2) is 0 Å². The van der Waals surface area contributed by atoms with Gasteiger partial charge in [0.2, 0.25) is 0 Å². The molecule has 5 rings (SSSR count). The van der Waals surface area contributed by atoms with Gasteiger partial charge in [0.05, 0.1) is 28.7 Å². The Balaban J connectivity index is 1.98. The summed E-state index contributed by atoms with van der Waals surface area (Å²) in [5.41, 5.74) is 12.0. The quantitative estimate of drug-likeness (QED) is 0.464. The molecule has 0 fully saturated rings. The predicted octanol–water partition coefficient (Wildman–Crippen LogP) is 4.35. The third-order valence-corrected chi connectivity index (χ3v) is 5.43. The lowest BCUT2D eigenvalue weighted by Gasteiger charge is -2.10. The second kappa shape index (κ2) is 5.89. The summed E-state index contributed by atoms with van der Waals surface area (Å²) in [6.07, 6.45) is 3.40. The van der Waals surface area contributed by atoms with E-state index in [-0.39, 0.29) is 0 Å². The van der Waals surface area contributed by atoms with E-state index < -0.39 is 5.91 Å². The fourth-order valence-corrected chi connectivity index (χ4v) is 4.02. The Kier molecular flexibility index (Phi) is 3.48. The molecule has 1 amide bonds. The number of fused-ring (bicyclic) bond motifs is 2. The number of nitrogens with two attached hydrogens (primary N) is 1. The van der Waals surface area contributed by atoms with Crippen molar-refractivity contribution in [3.8, 4) is 11.1 Å². The van der Waals surface area contributed by atoms with Gasteiger partial charge >= 0.3 is 0 Å². The highest BCUT2D eigenvalue weighted by Gasteiger charge is 2.26. The molecule has 130 valence electrons. The number of halogens is 1. The minimum atomic E-state index is -0.508. The van der Waals surface area contributed by atoms with E-state index in [9.17, 15) is 4.79 Å². The highest BCUT2D eigenvalue weighted by molar-refractivity contribution is 9.10. The van der Waals surface area contributed by atoms with Crippen LogP contribution in [0.4, 0.5) is 5.69 Å². The zero-order valence-corrected chi connectivity index (χ0v) is 15.6. The number of aliphatic imine (C=N–C) groups is 1. The van der Waals surface area contributed by atoms with Gasteiger partial charge in [-0.1, -0.05) is 52.3 Å². The summed E-state index contributed by atoms with van der Waals surface area (Å²) in [6.45, 7) is 0. The van der Waals surface area contributed by atoms with Crippen molar-refractivity contribution < 1.29 is 4.79 Å². The van der Waals surface area contributed by atoms with E-state index in [4.69, 9.17) is 10.7 Å². The number of hydrogen-bond acceptors (Lipinski definition) is 3. The van der Waals surface area contributed by atoms with Crippen molar-refractivity contribution >= 4 is 38.8 Å². The molecule has 0 saturated heterocycles. The summed E-state index contributed by atoms with van der Waals surface area (Å²) < 4.78 is 2.72. The standard InChI is InChI=1S/C21H13BrN4O/c22-16-7-3-1-5-12(16)19-14-9-10-26-20(14)18(15(11-24-26)21(23)27)13-6-2-4-8-17(13)25-19/h1-11H,(H2,23,27). The number of para-hydroxylation sites is 1. The summed E-state index contributed by atoms with van der Waals surface area (Å²) in [7, 11) is 0. The monoisotopic (exact) mass is 416 g/mol. The Labute approximate surface area is 163 Å². The molecule has 0 spiro atoms. The summed E-state index contributed by atoms with van der Waals surface area (Å²) >= 11 is 3.63. The van der Waals surface area contributed by atoms with Gasteiger partial charge in [-0.3, -0.25) is 4.79 Å². The van der Waals surface area contributed by atoms with E-state index in [0.29, 0.717) is 5.56 Å². The van der Waals surface area contributed by atoms with Crippen LogP contribution in [0.15, 0.2) is 76.5 Å². The summed E-state index contributed by atoms with van der Waals surface area (Å²) in [5, 5.41) is 4.38. The lowest BCUT2D eigenvalue weighted by Crippen LogP contribution is -2.14. The molecule has 2 N–H and O–H groups in total. The molecule has 5 nitrogen and oxygen atoms in total. The van der Waals surface area contributed by atoms with Gasteiger partial charge in [-0.15, -0.1) is 0 Å². The summed E-state index contributed by atoms with van der Waals surface area (Å²) in [5.74, 6) is -0.508. The van der Waals surface area contributed by atoms with Gasteiger partial charge in [-0.25, -0.2) is 9.51 Å². The molecule has 0 bridgehead atoms. The minimum Gasteiger partial charge on any atom is -0.366 e. The molecule has 0 atom stereocenters. The van der Waals surface area contributed by atoms with Crippen molar-refractivity contribution in [1.29, 1.82) is 0 Å². The molecule has 2 aromatic carbocycles. The largest absolute Gasteiger partial charge is 0.366 e. The van der Waals surface area contributed by atoms with Gasteiger partial charge in [-0.05, 0) is 18.2 Å². The molecule has 4 aromatic rings. The average molecular weight is 417 g/mol. The second-order valence-corrected chi connectivity index (χ2v) is 7.13. The number of primary amides is 1. The van der Waals surface area contributed by atoms with Gasteiger partial charge in [-0.2, -0.15) is 5.10 Å². The van der Waals surface area contributed by atoms with E-state index >= 15 is 0 Å². The lowest BCUT2D eigenvalue weighted by atomic mass is 9.97. The Morgan fingerprint density at radius 3 is 2.48 bits per heavy atom. The molecule has 0 radical (unpaired) electrons. The number of benzene rings is 2. The van der Waals surface area contributed by atoms with Crippen molar-refractivity contribution in [1.82, 2.24) is 9.61 Å². The first-order chi connectivity index (χ1) is 13.1. The molecule has 1 aliphatic rings. The van der Waals surface area contributed by atoms with E-state index in [0.717, 1.165) is 43.6 Å². The summed E-state index contributed by atoms with van der Waals surface area (Å²) in [4.78, 5) is 17.1. The smallest absolute Gasteiger partial charge is 0.251 e. The highest BCUT2D eigenvalue weighted by atomic mass is 79.9. The van der Waals surface area contributed by atoms with Crippen LogP contribution in [0, 0.1) is 0 Å². The van der Waals surface area contributed by atoms with Crippen LogP contribution in [-0.2, 0) is 0 Å². The molecular formula is C21H13BrN4O. The van der Waals surface area contributed by atoms with Crippen molar-refractivity contribution in [2.45, 2.75) is 0 Å². The number of rotatable bonds is 2. The first kappa shape index (κ1) is 16.0. The lowest BCUT2D eigenvalue weighted by molar-refractivity contribution is 0.100. The first-order valence-electron chi connectivity index (χ1n) is 8.38. The third-order valence-electron chi connectivity index (χ3n) is 4.74. The molecule has 1 aliphatic heterocycles. The maximum atomic E-state index is 12.1. The zero-order valence-electron chi connectivity index (χ0n) is 14.1. The van der Waals surface area contributed by atoms with Gasteiger partial charge in [0.1, 0.15) is 0 Å². The molecule has 3 heterocycles. The third kappa shape index (κ3) is 2.34. The van der Waals surface area contributed by atoms with E-state index in [1.165, 1.54) is 6.20 Å². The van der Waals surface area contributed by atoms with Crippen LogP contribution < -0.4 is 5.73 Å². The van der Waals surface area contributed by atoms with Crippen LogP contribution in [0.2, 0.25) is 0 Å². The van der Waals surface area contributed by atoms with Crippen LogP contribution in [0.25, 0.3) is 16.6 Å². The minimum absolute atomic E-state index is 0.387. The molecule has 2 aromatic heterocycles. The SMILES string of the molecule is NC(=O)c1cnn2ccc3c2c1-c1ccccc1N=C3c1ccccc1Br. The molecule has 27 heavy (non-hydrogen) atoms. The number of amides is 1. The number of carbonyl (C=O) groups excluding carboxylic acids is 1. The van der Waals surface area contributed by atoms with Crippen LogP contribution in [-0.4, -0.2) is 21.2 Å². The maximum absolute atomic E-state index is 12.1. The number of hydrogen-bond donors (Lipinski definition) is 1. The normalized spacial score (nSPS) is 12.4. The zero-order chi connectivity index (χ0) is 18.5. The maximum Gasteiger partial charge on any atom is 0.251 e. The Morgan fingerprint density at radius 2 is 1.70 bits per heavy atom. The van der Waals surface area contributed by atoms with Gasteiger partial charge < -0.3 is 5.73 Å². The Hall–Kier alpha value is -3.25. The highest BCUT2D eigenvalue weighted by Crippen LogP contribution is 2.41. The van der Waals surface area contributed by atoms with E-state index in [2.05, 4.69) is 21.0 Å². The fraction of sp³-hybridized carbons (Fsp3) is 0. The van der Waals surface area contributed by atoms with Crippen LogP contribution in [0.5, 0.6) is 0 Å². The summed E-state index contributed by atoms with van der Waals surface area (Å²) in [6, 6.07) is 17.7. The van der Waals surface area contributed by atoms with Gasteiger partial charge in [0, 0.05) is 32.9 Å². The molecule has 0 saturated carbocycles. The molecule has 6 heteroatoms. The topological polar surface area (TPSA) is 72.8 Å². The number of aromatic nitrogens is 2. The van der Waals surface area contributed by atoms with Crippen molar-refractivity contribution in [3.05, 3.63) is 88.2 Å². The average Bonchev–Trinajstić information content (AvgIpc) is 3.04. The first-order valence-corrected chi connectivity index (χ1v) is 9.18. The molecular weight excluding hydrogens is 404 g/mol. The van der Waals surface area contributed by atoms with Crippen LogP contribution in [0.1, 0.15) is 21.5 Å². The Bertz CT molecular complexity index is 1270. The van der Waals surface area contributed by atoms with Crippen LogP contribution >= 0.6 is 15.9 Å². The van der Waals surface area contributed by atoms with Crippen molar-refractivity contribution in [2.24, 2.45) is 10.7 Å². The van der Waals surface area contributed by atoms with Crippen molar-refractivity contribution in [3.63, 3.8) is 0 Å². The van der Waals surface area contributed by atoms with E-state index in [1.807, 2.05) is 60.8 Å². The number of nitrogens with zero attached hydrogens (tertiary/aromatic N) is 3. The van der Waals surface area contributed by atoms with Gasteiger partial charge in [0.25, 0.3) is 5.91 Å². The molecule has 0 unspecified atom stereocenters. The van der Waals surface area contributed by atoms with E-state index in [1.54, 1.807) is 4.52 Å². The molecule has 0 aliphatic carbocycles. The van der Waals surface area contributed by atoms with Crippen LogP contribution in [0.3, 0.4) is 0 Å². The Morgan fingerprint density at radius 1 is 0.963 bits per heavy atom. The predicted molar refractivity (Wildman–Crippen MR) is 109 cm³/mol. The number of carbonyl (C=O) groups is 1.